The highest BCUT2D eigenvalue weighted by Gasteiger charge is 2.15. The Morgan fingerprint density at radius 1 is 1.10 bits per heavy atom. The van der Waals surface area contributed by atoms with Crippen molar-refractivity contribution in [2.75, 3.05) is 12.3 Å². The van der Waals surface area contributed by atoms with Crippen LogP contribution >= 0.6 is 0 Å². The summed E-state index contributed by atoms with van der Waals surface area (Å²) >= 11 is 0. The molecule has 0 saturated carbocycles. The molecule has 2 aromatic carbocycles. The molecular formula is C18H19N3. The van der Waals surface area contributed by atoms with Crippen LogP contribution in [0, 0.1) is 0 Å². The van der Waals surface area contributed by atoms with Crippen molar-refractivity contribution in [1.29, 1.82) is 0 Å². The molecule has 0 aromatic heterocycles. The van der Waals surface area contributed by atoms with Crippen molar-refractivity contribution in [2.45, 2.75) is 13.3 Å². The highest BCUT2D eigenvalue weighted by Crippen LogP contribution is 2.29. The predicted molar refractivity (Wildman–Crippen MR) is 90.0 cm³/mol. The summed E-state index contributed by atoms with van der Waals surface area (Å²) in [6.07, 6.45) is 2.91. The summed E-state index contributed by atoms with van der Waals surface area (Å²) in [6, 6.07) is 16.3. The number of nitrogens with one attached hydrogen (secondary N) is 1. The van der Waals surface area contributed by atoms with Crippen molar-refractivity contribution in [3.63, 3.8) is 0 Å². The van der Waals surface area contributed by atoms with Crippen LogP contribution in [0.5, 0.6) is 0 Å². The van der Waals surface area contributed by atoms with Crippen LogP contribution in [0.4, 0.5) is 5.69 Å². The summed E-state index contributed by atoms with van der Waals surface area (Å²) in [5.41, 5.74) is 12.2. The minimum atomic E-state index is 0.748. The summed E-state index contributed by atoms with van der Waals surface area (Å²) < 4.78 is 0. The van der Waals surface area contributed by atoms with Crippen LogP contribution in [-0.4, -0.2) is 12.8 Å². The molecule has 3 heteroatoms. The van der Waals surface area contributed by atoms with Gasteiger partial charge in [0.1, 0.15) is 0 Å². The zero-order valence-electron chi connectivity index (χ0n) is 12.1. The van der Waals surface area contributed by atoms with Crippen molar-refractivity contribution in [3.8, 4) is 0 Å². The third kappa shape index (κ3) is 2.68. The Kier molecular flexibility index (Phi) is 3.73. The normalized spacial score (nSPS) is 14.1. The molecule has 0 fully saturated rings. The Labute approximate surface area is 125 Å². The Balaban J connectivity index is 2.15. The molecule has 0 amide bonds. The molecule has 0 atom stereocenters. The summed E-state index contributed by atoms with van der Waals surface area (Å²) in [4.78, 5) is 4.65. The maximum atomic E-state index is 5.78. The first-order valence-electron chi connectivity index (χ1n) is 7.24. The Bertz CT molecular complexity index is 697. The van der Waals surface area contributed by atoms with Gasteiger partial charge in [0.15, 0.2) is 0 Å². The van der Waals surface area contributed by atoms with Gasteiger partial charge in [0, 0.05) is 17.5 Å². The van der Waals surface area contributed by atoms with Crippen molar-refractivity contribution >= 4 is 23.3 Å². The third-order valence-electron chi connectivity index (χ3n) is 3.68. The molecule has 0 bridgehead atoms. The maximum Gasteiger partial charge on any atom is 0.0939 e. The number of benzene rings is 2. The number of rotatable bonds is 3. The Morgan fingerprint density at radius 3 is 2.62 bits per heavy atom. The minimum Gasteiger partial charge on any atom is -0.399 e. The number of hydrogen-bond donors (Lipinski definition) is 2. The summed E-state index contributed by atoms with van der Waals surface area (Å²) in [5, 5.41) is 3.44. The van der Waals surface area contributed by atoms with Gasteiger partial charge in [-0.15, -0.1) is 0 Å². The molecule has 1 aliphatic rings. The first-order chi connectivity index (χ1) is 10.3. The molecule has 0 saturated heterocycles. The molecular weight excluding hydrogens is 258 g/mol. The number of nitrogen functional groups attached to an aromatic ring is 1. The predicted octanol–water partition coefficient (Wildman–Crippen LogP) is 3.33. The van der Waals surface area contributed by atoms with E-state index in [-0.39, 0.29) is 0 Å². The Hall–Kier alpha value is -2.55. The van der Waals surface area contributed by atoms with E-state index in [4.69, 9.17) is 5.73 Å². The lowest BCUT2D eigenvalue weighted by Crippen LogP contribution is -2.20. The zero-order chi connectivity index (χ0) is 14.7. The molecule has 2 aromatic rings. The first kappa shape index (κ1) is 13.4. The molecule has 1 aliphatic heterocycles. The molecule has 3 nitrogen and oxygen atoms in total. The largest absolute Gasteiger partial charge is 0.399 e. The van der Waals surface area contributed by atoms with Crippen LogP contribution in [0.15, 0.2) is 53.5 Å². The average molecular weight is 277 g/mol. The third-order valence-corrected chi connectivity index (χ3v) is 3.68. The van der Waals surface area contributed by atoms with E-state index in [9.17, 15) is 0 Å². The molecule has 0 aliphatic carbocycles. The van der Waals surface area contributed by atoms with Crippen LogP contribution in [0.1, 0.15) is 23.6 Å². The van der Waals surface area contributed by atoms with Gasteiger partial charge < -0.3 is 11.1 Å². The van der Waals surface area contributed by atoms with E-state index >= 15 is 0 Å². The second-order valence-electron chi connectivity index (χ2n) is 5.05. The van der Waals surface area contributed by atoms with Crippen LogP contribution in [0.25, 0.3) is 11.4 Å². The standard InChI is InChI=1S/C18H19N3/c1-2-13-5-3-4-6-16(13)18-17(20-11-12-21-18)14-7-9-15(19)10-8-14/h3-10,12,20H,2,11,19H2,1H3. The first-order valence-corrected chi connectivity index (χ1v) is 7.24. The lowest BCUT2D eigenvalue weighted by Gasteiger charge is -2.19. The van der Waals surface area contributed by atoms with Crippen molar-refractivity contribution in [3.05, 3.63) is 65.2 Å². The van der Waals surface area contributed by atoms with E-state index < -0.39 is 0 Å². The summed E-state index contributed by atoms with van der Waals surface area (Å²) in [6.45, 7) is 2.92. The number of anilines is 1. The smallest absolute Gasteiger partial charge is 0.0939 e. The Morgan fingerprint density at radius 2 is 1.86 bits per heavy atom. The van der Waals surface area contributed by atoms with Gasteiger partial charge in [-0.25, -0.2) is 0 Å². The molecule has 0 unspecified atom stereocenters. The van der Waals surface area contributed by atoms with E-state index in [0.717, 1.165) is 35.6 Å². The average Bonchev–Trinajstić information content (AvgIpc) is 2.55. The van der Waals surface area contributed by atoms with Crippen LogP contribution in [-0.2, 0) is 6.42 Å². The highest BCUT2D eigenvalue weighted by molar-refractivity contribution is 5.95. The monoisotopic (exact) mass is 277 g/mol. The van der Waals surface area contributed by atoms with Crippen molar-refractivity contribution in [1.82, 2.24) is 5.32 Å². The van der Waals surface area contributed by atoms with E-state index in [2.05, 4.69) is 41.5 Å². The molecule has 0 radical (unpaired) electrons. The molecule has 1 heterocycles. The van der Waals surface area contributed by atoms with E-state index in [1.165, 1.54) is 11.1 Å². The minimum absolute atomic E-state index is 0.748. The topological polar surface area (TPSA) is 50.4 Å². The maximum absolute atomic E-state index is 5.78. The van der Waals surface area contributed by atoms with Gasteiger partial charge in [-0.2, -0.15) is 0 Å². The number of aliphatic imine (C=N–C) groups is 1. The van der Waals surface area contributed by atoms with E-state index in [0.29, 0.717) is 0 Å². The van der Waals surface area contributed by atoms with Gasteiger partial charge in [0.2, 0.25) is 0 Å². The molecule has 106 valence electrons. The van der Waals surface area contributed by atoms with Crippen LogP contribution < -0.4 is 11.1 Å². The molecule has 21 heavy (non-hydrogen) atoms. The van der Waals surface area contributed by atoms with Crippen molar-refractivity contribution < 1.29 is 0 Å². The van der Waals surface area contributed by atoms with Gasteiger partial charge in [-0.3, -0.25) is 4.99 Å². The lowest BCUT2D eigenvalue weighted by molar-refractivity contribution is 1.03. The van der Waals surface area contributed by atoms with Crippen LogP contribution in [0.2, 0.25) is 0 Å². The number of hydrogen-bond acceptors (Lipinski definition) is 3. The van der Waals surface area contributed by atoms with Gasteiger partial charge in [-0.1, -0.05) is 43.3 Å². The summed E-state index contributed by atoms with van der Waals surface area (Å²) in [5.74, 6) is 0. The SMILES string of the molecule is CCc1ccccc1C1=C(c2ccc(N)cc2)NCC=N1. The van der Waals surface area contributed by atoms with Gasteiger partial charge in [0.05, 0.1) is 17.9 Å². The molecule has 3 N–H and O–H groups in total. The second kappa shape index (κ2) is 5.83. The van der Waals surface area contributed by atoms with Gasteiger partial charge in [0.25, 0.3) is 0 Å². The highest BCUT2D eigenvalue weighted by atomic mass is 15.0. The zero-order valence-corrected chi connectivity index (χ0v) is 12.1. The van der Waals surface area contributed by atoms with E-state index in [1.54, 1.807) is 0 Å². The summed E-state index contributed by atoms with van der Waals surface area (Å²) in [7, 11) is 0. The second-order valence-corrected chi connectivity index (χ2v) is 5.05. The molecule has 3 rings (SSSR count). The fourth-order valence-electron chi connectivity index (χ4n) is 2.59. The van der Waals surface area contributed by atoms with Gasteiger partial charge >= 0.3 is 0 Å². The van der Waals surface area contributed by atoms with Crippen molar-refractivity contribution in [2.24, 2.45) is 4.99 Å². The van der Waals surface area contributed by atoms with E-state index in [1.807, 2.05) is 30.5 Å². The molecule has 0 spiro atoms. The van der Waals surface area contributed by atoms with Gasteiger partial charge in [-0.05, 0) is 29.7 Å². The van der Waals surface area contributed by atoms with Crippen LogP contribution in [0.3, 0.4) is 0 Å². The quantitative estimate of drug-likeness (QED) is 0.845. The number of nitrogens with zero attached hydrogens (tertiary/aromatic N) is 1. The fourth-order valence-corrected chi connectivity index (χ4v) is 2.59. The number of nitrogens with two attached hydrogens (primary N) is 1. The number of aryl methyl sites for hydroxylation is 1. The lowest BCUT2D eigenvalue weighted by atomic mass is 9.98. The fraction of sp³-hybridized carbons (Fsp3) is 0.167.